The quantitative estimate of drug-likeness (QED) is 0.641. The molecule has 0 radical (unpaired) electrons. The van der Waals surface area contributed by atoms with E-state index in [4.69, 9.17) is 9.26 Å². The highest BCUT2D eigenvalue weighted by Gasteiger charge is 2.24. The average molecular weight is 308 g/mol. The van der Waals surface area contributed by atoms with Crippen LogP contribution in [0.15, 0.2) is 9.52 Å². The summed E-state index contributed by atoms with van der Waals surface area (Å²) in [7, 11) is 1.84. The molecule has 0 spiro atoms. The van der Waals surface area contributed by atoms with Gasteiger partial charge in [0.15, 0.2) is 5.96 Å². The normalized spacial score (nSPS) is 19.0. The first-order valence-corrected chi connectivity index (χ1v) is 8.10. The first-order valence-electron chi connectivity index (χ1n) is 8.10. The predicted molar refractivity (Wildman–Crippen MR) is 87.2 cm³/mol. The predicted octanol–water partition coefficient (Wildman–Crippen LogP) is 1.77. The van der Waals surface area contributed by atoms with Gasteiger partial charge in [0.1, 0.15) is 5.76 Å². The SMILES string of the molecule is CCOCC1CCN(C(=NC)NCCc2c(C)noc2C)C1. The number of hydrogen-bond donors (Lipinski definition) is 1. The number of guanidine groups is 1. The van der Waals surface area contributed by atoms with Crippen molar-refractivity contribution < 1.29 is 9.26 Å². The molecule has 1 atom stereocenters. The Labute approximate surface area is 132 Å². The zero-order chi connectivity index (χ0) is 15.9. The molecule has 2 rings (SSSR count). The van der Waals surface area contributed by atoms with E-state index in [2.05, 4.69) is 20.4 Å². The Balaban J connectivity index is 1.79. The molecule has 1 aromatic heterocycles. The monoisotopic (exact) mass is 308 g/mol. The lowest BCUT2D eigenvalue weighted by Crippen LogP contribution is -2.41. The lowest BCUT2D eigenvalue weighted by atomic mass is 10.1. The van der Waals surface area contributed by atoms with Crippen molar-refractivity contribution in [3.63, 3.8) is 0 Å². The summed E-state index contributed by atoms with van der Waals surface area (Å²) < 4.78 is 10.7. The summed E-state index contributed by atoms with van der Waals surface area (Å²) >= 11 is 0. The van der Waals surface area contributed by atoms with Gasteiger partial charge in [-0.05, 0) is 33.6 Å². The summed E-state index contributed by atoms with van der Waals surface area (Å²) in [5, 5.41) is 7.44. The molecule has 0 bridgehead atoms. The van der Waals surface area contributed by atoms with Crippen molar-refractivity contribution in [2.45, 2.75) is 33.6 Å². The van der Waals surface area contributed by atoms with Crippen LogP contribution in [0.25, 0.3) is 0 Å². The minimum Gasteiger partial charge on any atom is -0.381 e. The van der Waals surface area contributed by atoms with Crippen molar-refractivity contribution in [3.05, 3.63) is 17.0 Å². The summed E-state index contributed by atoms with van der Waals surface area (Å²) in [5.41, 5.74) is 2.17. The second kappa shape index (κ2) is 8.17. The third-order valence-electron chi connectivity index (χ3n) is 4.19. The number of hydrogen-bond acceptors (Lipinski definition) is 4. The van der Waals surface area contributed by atoms with Crippen LogP contribution < -0.4 is 5.32 Å². The molecule has 6 nitrogen and oxygen atoms in total. The molecule has 0 aliphatic carbocycles. The van der Waals surface area contributed by atoms with Crippen LogP contribution in [0.4, 0.5) is 0 Å². The smallest absolute Gasteiger partial charge is 0.193 e. The van der Waals surface area contributed by atoms with Gasteiger partial charge in [0.25, 0.3) is 0 Å². The number of rotatable bonds is 6. The molecule has 1 fully saturated rings. The molecule has 0 saturated carbocycles. The lowest BCUT2D eigenvalue weighted by molar-refractivity contribution is 0.114. The number of likely N-dealkylation sites (tertiary alicyclic amines) is 1. The zero-order valence-electron chi connectivity index (χ0n) is 14.2. The number of aromatic nitrogens is 1. The molecule has 6 heteroatoms. The van der Waals surface area contributed by atoms with E-state index < -0.39 is 0 Å². The van der Waals surface area contributed by atoms with Crippen molar-refractivity contribution in [2.24, 2.45) is 10.9 Å². The van der Waals surface area contributed by atoms with Crippen molar-refractivity contribution in [2.75, 3.05) is 39.9 Å². The van der Waals surface area contributed by atoms with Crippen molar-refractivity contribution in [1.82, 2.24) is 15.4 Å². The molecule has 22 heavy (non-hydrogen) atoms. The second-order valence-electron chi connectivity index (χ2n) is 5.79. The molecule has 1 aliphatic rings. The van der Waals surface area contributed by atoms with E-state index in [1.54, 1.807) is 0 Å². The Morgan fingerprint density at radius 2 is 2.32 bits per heavy atom. The van der Waals surface area contributed by atoms with Crippen LogP contribution in [0.1, 0.15) is 30.4 Å². The fraction of sp³-hybridized carbons (Fsp3) is 0.750. The van der Waals surface area contributed by atoms with Crippen LogP contribution in [0.3, 0.4) is 0 Å². The van der Waals surface area contributed by atoms with Crippen molar-refractivity contribution in [1.29, 1.82) is 0 Å². The standard InChI is InChI=1S/C16H28N4O2/c1-5-21-11-14-7-9-20(10-14)16(17-4)18-8-6-15-12(2)19-22-13(15)3/h14H,5-11H2,1-4H3,(H,17,18). The maximum atomic E-state index is 5.53. The van der Waals surface area contributed by atoms with Crippen molar-refractivity contribution in [3.8, 4) is 0 Å². The molecule has 1 aliphatic heterocycles. The number of ether oxygens (including phenoxy) is 1. The highest BCUT2D eigenvalue weighted by molar-refractivity contribution is 5.80. The molecular formula is C16H28N4O2. The summed E-state index contributed by atoms with van der Waals surface area (Å²) in [6, 6.07) is 0. The molecule has 0 aromatic carbocycles. The number of nitrogens with one attached hydrogen (secondary N) is 1. The largest absolute Gasteiger partial charge is 0.381 e. The molecule has 1 N–H and O–H groups in total. The van der Waals surface area contributed by atoms with E-state index >= 15 is 0 Å². The molecule has 1 aromatic rings. The Hall–Kier alpha value is -1.56. The first kappa shape index (κ1) is 16.8. The van der Waals surface area contributed by atoms with Gasteiger partial charge >= 0.3 is 0 Å². The molecule has 1 unspecified atom stereocenters. The van der Waals surface area contributed by atoms with E-state index in [1.807, 2.05) is 27.8 Å². The van der Waals surface area contributed by atoms with Gasteiger partial charge in [-0.1, -0.05) is 5.16 Å². The minimum absolute atomic E-state index is 0.612. The van der Waals surface area contributed by atoms with Gasteiger partial charge in [-0.15, -0.1) is 0 Å². The maximum Gasteiger partial charge on any atom is 0.193 e. The van der Waals surface area contributed by atoms with Crippen LogP contribution in [0, 0.1) is 19.8 Å². The van der Waals surface area contributed by atoms with E-state index in [0.717, 1.165) is 56.7 Å². The first-order chi connectivity index (χ1) is 10.7. The summed E-state index contributed by atoms with van der Waals surface area (Å²) in [6.07, 6.45) is 2.07. The Morgan fingerprint density at radius 1 is 1.50 bits per heavy atom. The fourth-order valence-corrected chi connectivity index (χ4v) is 2.94. The third kappa shape index (κ3) is 4.22. The molecule has 2 heterocycles. The zero-order valence-corrected chi connectivity index (χ0v) is 14.2. The van der Waals surface area contributed by atoms with Crippen LogP contribution in [0.5, 0.6) is 0 Å². The lowest BCUT2D eigenvalue weighted by Gasteiger charge is -2.21. The fourth-order valence-electron chi connectivity index (χ4n) is 2.94. The Morgan fingerprint density at radius 3 is 2.95 bits per heavy atom. The molecule has 1 saturated heterocycles. The molecular weight excluding hydrogens is 280 g/mol. The molecule has 124 valence electrons. The van der Waals surface area contributed by atoms with Gasteiger partial charge in [0, 0.05) is 44.8 Å². The van der Waals surface area contributed by atoms with E-state index in [-0.39, 0.29) is 0 Å². The molecule has 0 amide bonds. The summed E-state index contributed by atoms with van der Waals surface area (Å²) in [5.74, 6) is 2.50. The number of aliphatic imine (C=N–C) groups is 1. The maximum absolute atomic E-state index is 5.53. The highest BCUT2D eigenvalue weighted by Crippen LogP contribution is 2.17. The summed E-state index contributed by atoms with van der Waals surface area (Å²) in [6.45, 7) is 10.5. The van der Waals surface area contributed by atoms with Crippen LogP contribution in [-0.2, 0) is 11.2 Å². The van der Waals surface area contributed by atoms with E-state index in [9.17, 15) is 0 Å². The third-order valence-corrected chi connectivity index (χ3v) is 4.19. The number of nitrogens with zero attached hydrogens (tertiary/aromatic N) is 3. The van der Waals surface area contributed by atoms with Gasteiger partial charge in [0.2, 0.25) is 0 Å². The number of aryl methyl sites for hydroxylation is 2. The summed E-state index contributed by atoms with van der Waals surface area (Å²) in [4.78, 5) is 6.72. The highest BCUT2D eigenvalue weighted by atomic mass is 16.5. The average Bonchev–Trinajstić information content (AvgIpc) is 3.10. The van der Waals surface area contributed by atoms with Crippen LogP contribution in [-0.4, -0.2) is 55.9 Å². The van der Waals surface area contributed by atoms with E-state index in [1.165, 1.54) is 12.0 Å². The van der Waals surface area contributed by atoms with Gasteiger partial charge in [0.05, 0.1) is 12.3 Å². The van der Waals surface area contributed by atoms with Crippen LogP contribution in [0.2, 0.25) is 0 Å². The van der Waals surface area contributed by atoms with Crippen molar-refractivity contribution >= 4 is 5.96 Å². The Bertz CT molecular complexity index is 479. The Kier molecular flexibility index (Phi) is 6.24. The minimum atomic E-state index is 0.612. The topological polar surface area (TPSA) is 62.9 Å². The van der Waals surface area contributed by atoms with Gasteiger partial charge in [-0.2, -0.15) is 0 Å². The van der Waals surface area contributed by atoms with E-state index in [0.29, 0.717) is 5.92 Å². The van der Waals surface area contributed by atoms with Gasteiger partial charge in [-0.3, -0.25) is 4.99 Å². The van der Waals surface area contributed by atoms with Gasteiger partial charge in [-0.25, -0.2) is 0 Å². The van der Waals surface area contributed by atoms with Crippen LogP contribution >= 0.6 is 0 Å². The second-order valence-corrected chi connectivity index (χ2v) is 5.79. The van der Waals surface area contributed by atoms with Gasteiger partial charge < -0.3 is 19.5 Å².